The Labute approximate surface area is 190 Å². The van der Waals surface area contributed by atoms with Crippen molar-refractivity contribution in [3.63, 3.8) is 0 Å². The zero-order valence-electron chi connectivity index (χ0n) is 17.7. The van der Waals surface area contributed by atoms with Crippen LogP contribution in [0.4, 0.5) is 0 Å². The molecule has 1 aliphatic rings. The van der Waals surface area contributed by atoms with Crippen molar-refractivity contribution in [2.75, 3.05) is 48.1 Å². The van der Waals surface area contributed by atoms with E-state index in [1.807, 2.05) is 12.1 Å². The van der Waals surface area contributed by atoms with E-state index >= 15 is 0 Å². The third-order valence-electron chi connectivity index (χ3n) is 5.20. The van der Waals surface area contributed by atoms with Crippen molar-refractivity contribution >= 4 is 28.5 Å². The Morgan fingerprint density at radius 2 is 1.63 bits per heavy atom. The van der Waals surface area contributed by atoms with Gasteiger partial charge in [-0.05, 0) is 64.4 Å². The molecule has 0 spiro atoms. The lowest BCUT2D eigenvalue weighted by molar-refractivity contribution is 0.0943. The van der Waals surface area contributed by atoms with Gasteiger partial charge in [-0.25, -0.2) is 0 Å². The number of halogens is 1. The number of nitrogens with one attached hydrogen (secondary N) is 1. The first-order chi connectivity index (χ1) is 14.5. The Morgan fingerprint density at radius 3 is 2.27 bits per heavy atom. The summed E-state index contributed by atoms with van der Waals surface area (Å²) in [4.78, 5) is 15.1. The monoisotopic (exact) mass is 526 g/mol. The van der Waals surface area contributed by atoms with Crippen molar-refractivity contribution in [2.24, 2.45) is 0 Å². The van der Waals surface area contributed by atoms with E-state index in [4.69, 9.17) is 18.9 Å². The Kier molecular flexibility index (Phi) is 7.65. The minimum Gasteiger partial charge on any atom is -0.493 e. The average Bonchev–Trinajstić information content (AvgIpc) is 2.77. The zero-order chi connectivity index (χ0) is 21.7. The summed E-state index contributed by atoms with van der Waals surface area (Å²) in [5, 5.41) is 3.00. The molecular formula is C22H27IN2O5. The number of nitrogens with zero attached hydrogens (tertiary/aromatic N) is 1. The van der Waals surface area contributed by atoms with Crippen LogP contribution in [0.15, 0.2) is 24.3 Å². The average molecular weight is 526 g/mol. The number of carbonyl (C=O) groups excluding carboxylic acids is 1. The molecule has 30 heavy (non-hydrogen) atoms. The van der Waals surface area contributed by atoms with E-state index in [-0.39, 0.29) is 5.91 Å². The van der Waals surface area contributed by atoms with Crippen LogP contribution in [0, 0.1) is 3.57 Å². The highest BCUT2D eigenvalue weighted by molar-refractivity contribution is 14.1. The van der Waals surface area contributed by atoms with Gasteiger partial charge in [-0.1, -0.05) is 0 Å². The summed E-state index contributed by atoms with van der Waals surface area (Å²) in [6.45, 7) is 3.03. The number of hydrogen-bond acceptors (Lipinski definition) is 6. The van der Waals surface area contributed by atoms with E-state index in [2.05, 4.69) is 38.9 Å². The number of rotatable bonds is 8. The molecule has 0 saturated heterocycles. The van der Waals surface area contributed by atoms with Crippen LogP contribution >= 0.6 is 22.6 Å². The Morgan fingerprint density at radius 1 is 0.967 bits per heavy atom. The lowest BCUT2D eigenvalue weighted by Crippen LogP contribution is -2.38. The van der Waals surface area contributed by atoms with E-state index in [1.165, 1.54) is 18.2 Å². The number of methoxy groups -OCH3 is 4. The van der Waals surface area contributed by atoms with Gasteiger partial charge in [0.05, 0.1) is 34.0 Å². The van der Waals surface area contributed by atoms with Crippen molar-refractivity contribution in [3.8, 4) is 23.0 Å². The second kappa shape index (κ2) is 10.2. The molecule has 1 aliphatic heterocycles. The standard InChI is InChI=1S/C22H27IN2O5/c1-27-18-9-14-5-7-25(13-15(14)10-19(18)28-2)8-6-24-22(26)17-11-16(23)12-20(29-3)21(17)30-4/h9-12H,5-8,13H2,1-4H3,(H,24,26). The normalized spacial score (nSPS) is 13.4. The number of benzene rings is 2. The topological polar surface area (TPSA) is 69.3 Å². The Bertz CT molecular complexity index is 919. The Hall–Kier alpha value is -2.20. The van der Waals surface area contributed by atoms with Crippen molar-refractivity contribution in [1.29, 1.82) is 0 Å². The quantitative estimate of drug-likeness (QED) is 0.534. The van der Waals surface area contributed by atoms with Crippen LogP contribution in [0.2, 0.25) is 0 Å². The van der Waals surface area contributed by atoms with Gasteiger partial charge in [0.2, 0.25) is 0 Å². The fraction of sp³-hybridized carbons (Fsp3) is 0.409. The second-order valence-corrected chi connectivity index (χ2v) is 8.19. The van der Waals surface area contributed by atoms with Gasteiger partial charge >= 0.3 is 0 Å². The van der Waals surface area contributed by atoms with Crippen LogP contribution in [0.3, 0.4) is 0 Å². The maximum Gasteiger partial charge on any atom is 0.255 e. The summed E-state index contributed by atoms with van der Waals surface area (Å²) in [6.07, 6.45) is 0.936. The number of hydrogen-bond donors (Lipinski definition) is 1. The minimum absolute atomic E-state index is 0.174. The number of amides is 1. The smallest absolute Gasteiger partial charge is 0.255 e. The van der Waals surface area contributed by atoms with Crippen LogP contribution in [0.25, 0.3) is 0 Å². The largest absolute Gasteiger partial charge is 0.493 e. The molecule has 0 bridgehead atoms. The molecule has 1 amide bonds. The summed E-state index contributed by atoms with van der Waals surface area (Å²) in [7, 11) is 6.40. The number of ether oxygens (including phenoxy) is 4. The van der Waals surface area contributed by atoms with Crippen molar-refractivity contribution < 1.29 is 23.7 Å². The number of carbonyl (C=O) groups is 1. The molecule has 2 aromatic rings. The fourth-order valence-corrected chi connectivity index (χ4v) is 4.25. The first kappa shape index (κ1) is 22.5. The van der Waals surface area contributed by atoms with E-state index < -0.39 is 0 Å². The minimum atomic E-state index is -0.174. The van der Waals surface area contributed by atoms with Gasteiger partial charge in [-0.15, -0.1) is 0 Å². The van der Waals surface area contributed by atoms with Gasteiger partial charge in [0, 0.05) is 29.7 Å². The lowest BCUT2D eigenvalue weighted by Gasteiger charge is -2.29. The molecule has 0 aromatic heterocycles. The first-order valence-corrected chi connectivity index (χ1v) is 10.7. The van der Waals surface area contributed by atoms with Gasteiger partial charge in [0.15, 0.2) is 23.0 Å². The van der Waals surface area contributed by atoms with Gasteiger partial charge in [-0.2, -0.15) is 0 Å². The molecule has 7 nitrogen and oxygen atoms in total. The molecule has 3 rings (SSSR count). The van der Waals surface area contributed by atoms with E-state index in [1.54, 1.807) is 27.4 Å². The summed E-state index contributed by atoms with van der Waals surface area (Å²) in [6, 6.07) is 7.74. The molecule has 0 unspecified atom stereocenters. The van der Waals surface area contributed by atoms with Crippen LogP contribution in [0.5, 0.6) is 23.0 Å². The van der Waals surface area contributed by atoms with E-state index in [9.17, 15) is 4.79 Å². The van der Waals surface area contributed by atoms with Crippen LogP contribution in [-0.4, -0.2) is 58.9 Å². The van der Waals surface area contributed by atoms with Crippen LogP contribution in [0.1, 0.15) is 21.5 Å². The van der Waals surface area contributed by atoms with Crippen molar-refractivity contribution in [2.45, 2.75) is 13.0 Å². The zero-order valence-corrected chi connectivity index (χ0v) is 19.9. The summed E-state index contributed by atoms with van der Waals surface area (Å²) in [5.41, 5.74) is 2.99. The van der Waals surface area contributed by atoms with Crippen LogP contribution in [-0.2, 0) is 13.0 Å². The molecule has 1 N–H and O–H groups in total. The fourth-order valence-electron chi connectivity index (χ4n) is 3.65. The third kappa shape index (κ3) is 4.92. The van der Waals surface area contributed by atoms with Crippen LogP contribution < -0.4 is 24.3 Å². The highest BCUT2D eigenvalue weighted by Crippen LogP contribution is 2.34. The van der Waals surface area contributed by atoms with Gasteiger partial charge in [0.25, 0.3) is 5.91 Å². The lowest BCUT2D eigenvalue weighted by atomic mass is 9.99. The van der Waals surface area contributed by atoms with Crippen molar-refractivity contribution in [3.05, 3.63) is 44.5 Å². The number of fused-ring (bicyclic) bond motifs is 1. The first-order valence-electron chi connectivity index (χ1n) is 9.66. The van der Waals surface area contributed by atoms with Crippen molar-refractivity contribution in [1.82, 2.24) is 10.2 Å². The second-order valence-electron chi connectivity index (χ2n) is 6.95. The molecule has 0 atom stereocenters. The molecule has 0 aliphatic carbocycles. The molecule has 1 heterocycles. The predicted molar refractivity (Wildman–Crippen MR) is 123 cm³/mol. The molecular weight excluding hydrogens is 499 g/mol. The predicted octanol–water partition coefficient (Wildman–Crippen LogP) is 3.11. The van der Waals surface area contributed by atoms with E-state index in [0.29, 0.717) is 23.6 Å². The summed E-state index contributed by atoms with van der Waals surface area (Å²) < 4.78 is 22.5. The molecule has 0 radical (unpaired) electrons. The molecule has 162 valence electrons. The molecule has 0 saturated carbocycles. The third-order valence-corrected chi connectivity index (χ3v) is 5.82. The van der Waals surface area contributed by atoms with E-state index in [0.717, 1.165) is 41.1 Å². The highest BCUT2D eigenvalue weighted by atomic mass is 127. The maximum atomic E-state index is 12.7. The van der Waals surface area contributed by atoms with Gasteiger partial charge < -0.3 is 24.3 Å². The summed E-state index contributed by atoms with van der Waals surface area (Å²) in [5.74, 6) is 2.33. The molecule has 0 fully saturated rings. The Balaban J connectivity index is 1.62. The van der Waals surface area contributed by atoms with Gasteiger partial charge in [-0.3, -0.25) is 9.69 Å². The summed E-state index contributed by atoms with van der Waals surface area (Å²) >= 11 is 2.16. The van der Waals surface area contributed by atoms with Gasteiger partial charge in [0.1, 0.15) is 0 Å². The molecule has 8 heteroatoms. The molecule has 2 aromatic carbocycles. The highest BCUT2D eigenvalue weighted by Gasteiger charge is 2.21. The SMILES string of the molecule is COc1cc2c(cc1OC)CN(CCNC(=O)c1cc(I)cc(OC)c1OC)CC2. The maximum absolute atomic E-state index is 12.7.